The van der Waals surface area contributed by atoms with Crippen LogP contribution in [0.3, 0.4) is 0 Å². The standard InChI is InChI=1S/C31H29F3O2/c1-3-4-5-18-35-29-17-13-24(19-28(29)32)22-10-14-26(15-11-22)36-20-25-12-16-27(31(34)30(25)33)23-8-6-21(2)7-9-23/h6-17,19H,3-5,18,20H2,1-2H3. The molecular weight excluding hydrogens is 461 g/mol. The summed E-state index contributed by atoms with van der Waals surface area (Å²) in [5.41, 5.74) is 3.52. The SMILES string of the molecule is CCCCCOc1ccc(-c2ccc(OCc3ccc(-c4ccc(C)cc4)c(F)c3F)cc2)cc1F. The Morgan fingerprint density at radius 3 is 2.06 bits per heavy atom. The summed E-state index contributed by atoms with van der Waals surface area (Å²) in [6.07, 6.45) is 3.03. The Morgan fingerprint density at radius 2 is 1.36 bits per heavy atom. The Kier molecular flexibility index (Phi) is 8.32. The first-order valence-electron chi connectivity index (χ1n) is 12.2. The van der Waals surface area contributed by atoms with Crippen molar-refractivity contribution in [3.05, 3.63) is 107 Å². The van der Waals surface area contributed by atoms with Gasteiger partial charge < -0.3 is 9.47 Å². The number of halogens is 3. The van der Waals surface area contributed by atoms with Gasteiger partial charge in [-0.3, -0.25) is 0 Å². The molecule has 0 unspecified atom stereocenters. The quantitative estimate of drug-likeness (QED) is 0.207. The number of benzene rings is 4. The number of hydrogen-bond donors (Lipinski definition) is 0. The molecule has 0 aromatic heterocycles. The first-order chi connectivity index (χ1) is 17.5. The zero-order chi connectivity index (χ0) is 25.5. The lowest BCUT2D eigenvalue weighted by molar-refractivity contribution is 0.291. The Labute approximate surface area is 210 Å². The molecule has 0 saturated heterocycles. The van der Waals surface area contributed by atoms with Crippen LogP contribution in [0.1, 0.15) is 37.3 Å². The van der Waals surface area contributed by atoms with Crippen LogP contribution in [0, 0.1) is 24.4 Å². The fourth-order valence-corrected chi connectivity index (χ4v) is 3.89. The molecule has 0 N–H and O–H groups in total. The van der Waals surface area contributed by atoms with E-state index in [0.29, 0.717) is 23.5 Å². The minimum absolute atomic E-state index is 0.116. The zero-order valence-electron chi connectivity index (χ0n) is 20.5. The Balaban J connectivity index is 1.39. The van der Waals surface area contributed by atoms with E-state index in [9.17, 15) is 13.2 Å². The zero-order valence-corrected chi connectivity index (χ0v) is 20.5. The molecule has 36 heavy (non-hydrogen) atoms. The average molecular weight is 491 g/mol. The van der Waals surface area contributed by atoms with Crippen molar-refractivity contribution >= 4 is 0 Å². The predicted octanol–water partition coefficient (Wildman–Crippen LogP) is 8.89. The number of hydrogen-bond acceptors (Lipinski definition) is 2. The Morgan fingerprint density at radius 1 is 0.667 bits per heavy atom. The molecule has 0 aliphatic carbocycles. The summed E-state index contributed by atoms with van der Waals surface area (Å²) in [6, 6.07) is 22.3. The molecule has 0 bridgehead atoms. The van der Waals surface area contributed by atoms with Gasteiger partial charge in [0.1, 0.15) is 12.4 Å². The molecule has 0 atom stereocenters. The van der Waals surface area contributed by atoms with Gasteiger partial charge in [0.2, 0.25) is 0 Å². The van der Waals surface area contributed by atoms with Gasteiger partial charge in [-0.05, 0) is 54.3 Å². The molecule has 4 aromatic carbocycles. The summed E-state index contributed by atoms with van der Waals surface area (Å²) in [4.78, 5) is 0. The molecule has 4 aromatic rings. The van der Waals surface area contributed by atoms with Crippen LogP contribution < -0.4 is 9.47 Å². The molecule has 0 aliphatic heterocycles. The summed E-state index contributed by atoms with van der Waals surface area (Å²) in [7, 11) is 0. The summed E-state index contributed by atoms with van der Waals surface area (Å²) < 4.78 is 55.1. The van der Waals surface area contributed by atoms with E-state index in [4.69, 9.17) is 9.47 Å². The molecule has 5 heteroatoms. The summed E-state index contributed by atoms with van der Waals surface area (Å²) in [5, 5.41) is 0. The highest BCUT2D eigenvalue weighted by molar-refractivity contribution is 5.66. The maximum Gasteiger partial charge on any atom is 0.167 e. The molecule has 0 radical (unpaired) electrons. The van der Waals surface area contributed by atoms with Gasteiger partial charge in [-0.1, -0.05) is 79.9 Å². The molecule has 0 amide bonds. The van der Waals surface area contributed by atoms with E-state index in [0.717, 1.165) is 30.4 Å². The third-order valence-electron chi connectivity index (χ3n) is 6.04. The molecule has 0 saturated carbocycles. The van der Waals surface area contributed by atoms with Crippen molar-refractivity contribution in [1.29, 1.82) is 0 Å². The summed E-state index contributed by atoms with van der Waals surface area (Å²) in [6.45, 7) is 4.42. The normalized spacial score (nSPS) is 10.9. The van der Waals surface area contributed by atoms with Gasteiger partial charge in [0, 0.05) is 11.1 Å². The van der Waals surface area contributed by atoms with Crippen LogP contribution in [0.15, 0.2) is 78.9 Å². The van der Waals surface area contributed by atoms with E-state index in [2.05, 4.69) is 6.92 Å². The minimum atomic E-state index is -0.919. The van der Waals surface area contributed by atoms with E-state index in [1.165, 1.54) is 12.1 Å². The number of ether oxygens (including phenoxy) is 2. The highest BCUT2D eigenvalue weighted by atomic mass is 19.2. The van der Waals surface area contributed by atoms with E-state index < -0.39 is 17.5 Å². The monoisotopic (exact) mass is 490 g/mol. The predicted molar refractivity (Wildman–Crippen MR) is 138 cm³/mol. The van der Waals surface area contributed by atoms with Crippen molar-refractivity contribution in [2.75, 3.05) is 6.61 Å². The molecular formula is C31H29F3O2. The van der Waals surface area contributed by atoms with Crippen molar-refractivity contribution in [3.8, 4) is 33.8 Å². The van der Waals surface area contributed by atoms with Crippen LogP contribution in [0.5, 0.6) is 11.5 Å². The van der Waals surface area contributed by atoms with Crippen LogP contribution in [0.2, 0.25) is 0 Å². The smallest absolute Gasteiger partial charge is 0.167 e. The maximum absolute atomic E-state index is 14.7. The second-order valence-corrected chi connectivity index (χ2v) is 8.78. The Hall–Kier alpha value is -3.73. The van der Waals surface area contributed by atoms with Gasteiger partial charge in [-0.2, -0.15) is 0 Å². The fraction of sp³-hybridized carbons (Fsp3) is 0.226. The second-order valence-electron chi connectivity index (χ2n) is 8.78. The fourth-order valence-electron chi connectivity index (χ4n) is 3.89. The van der Waals surface area contributed by atoms with Crippen molar-refractivity contribution < 1.29 is 22.6 Å². The molecule has 4 rings (SSSR count). The van der Waals surface area contributed by atoms with Crippen molar-refractivity contribution in [1.82, 2.24) is 0 Å². The minimum Gasteiger partial charge on any atom is -0.491 e. The topological polar surface area (TPSA) is 18.5 Å². The van der Waals surface area contributed by atoms with Gasteiger partial charge in [0.05, 0.1) is 6.61 Å². The van der Waals surface area contributed by atoms with Crippen LogP contribution in [-0.2, 0) is 6.61 Å². The third kappa shape index (κ3) is 6.09. The van der Waals surface area contributed by atoms with Gasteiger partial charge in [0.15, 0.2) is 23.2 Å². The number of aryl methyl sites for hydroxylation is 1. The highest BCUT2D eigenvalue weighted by Gasteiger charge is 2.15. The Bertz CT molecular complexity index is 1300. The largest absolute Gasteiger partial charge is 0.491 e. The first kappa shape index (κ1) is 25.4. The second kappa shape index (κ2) is 11.8. The van der Waals surface area contributed by atoms with Gasteiger partial charge in [-0.15, -0.1) is 0 Å². The van der Waals surface area contributed by atoms with Crippen molar-refractivity contribution in [3.63, 3.8) is 0 Å². The summed E-state index contributed by atoms with van der Waals surface area (Å²) >= 11 is 0. The maximum atomic E-state index is 14.7. The van der Waals surface area contributed by atoms with Crippen molar-refractivity contribution in [2.24, 2.45) is 0 Å². The van der Waals surface area contributed by atoms with Crippen LogP contribution in [0.25, 0.3) is 22.3 Å². The lowest BCUT2D eigenvalue weighted by Crippen LogP contribution is -2.02. The molecule has 0 spiro atoms. The average Bonchev–Trinajstić information content (AvgIpc) is 2.89. The number of rotatable bonds is 10. The first-order valence-corrected chi connectivity index (χ1v) is 12.2. The van der Waals surface area contributed by atoms with E-state index >= 15 is 0 Å². The van der Waals surface area contributed by atoms with Crippen LogP contribution >= 0.6 is 0 Å². The lowest BCUT2D eigenvalue weighted by Gasteiger charge is -2.12. The van der Waals surface area contributed by atoms with E-state index in [1.807, 2.05) is 25.1 Å². The van der Waals surface area contributed by atoms with E-state index in [1.54, 1.807) is 48.5 Å². The molecule has 0 fully saturated rings. The van der Waals surface area contributed by atoms with Crippen LogP contribution in [-0.4, -0.2) is 6.61 Å². The van der Waals surface area contributed by atoms with Gasteiger partial charge in [-0.25, -0.2) is 13.2 Å². The van der Waals surface area contributed by atoms with Crippen molar-refractivity contribution in [2.45, 2.75) is 39.7 Å². The van der Waals surface area contributed by atoms with Crippen LogP contribution in [0.4, 0.5) is 13.2 Å². The third-order valence-corrected chi connectivity index (χ3v) is 6.04. The van der Waals surface area contributed by atoms with E-state index in [-0.39, 0.29) is 23.5 Å². The summed E-state index contributed by atoms with van der Waals surface area (Å²) in [5.74, 6) is -1.47. The molecule has 0 heterocycles. The highest BCUT2D eigenvalue weighted by Crippen LogP contribution is 2.29. The molecule has 2 nitrogen and oxygen atoms in total. The van der Waals surface area contributed by atoms with Gasteiger partial charge >= 0.3 is 0 Å². The molecule has 186 valence electrons. The number of unbranched alkanes of at least 4 members (excludes halogenated alkanes) is 2. The van der Waals surface area contributed by atoms with Gasteiger partial charge in [0.25, 0.3) is 0 Å². The molecule has 0 aliphatic rings. The lowest BCUT2D eigenvalue weighted by atomic mass is 10.0.